The molecule has 0 spiro atoms. The van der Waals surface area contributed by atoms with Gasteiger partial charge in [-0.2, -0.15) is 4.98 Å². The molecule has 2 N–H and O–H groups in total. The molecule has 6 rings (SSSR count). The number of benzene rings is 2. The average molecular weight is 593 g/mol. The molecule has 3 atom stereocenters. The van der Waals surface area contributed by atoms with Gasteiger partial charge in [0.1, 0.15) is 12.0 Å². The molecule has 42 heavy (non-hydrogen) atoms. The van der Waals surface area contributed by atoms with Gasteiger partial charge in [-0.1, -0.05) is 41.9 Å². The molecule has 0 bridgehead atoms. The topological polar surface area (TPSA) is 81.8 Å². The van der Waals surface area contributed by atoms with Crippen molar-refractivity contribution in [3.63, 3.8) is 0 Å². The summed E-state index contributed by atoms with van der Waals surface area (Å²) in [4.78, 5) is 23.2. The standard InChI is InChI=1S/C33H38ClFN4O3/c1-21-6-13-29(40)39(21)15-14-38(20-22-7-11-26(35)12-8-22)31(41)33(2)17-27(24-9-10-24)30-28(18-33)37-32(42-30)36-19-23-4-3-5-25(34)16-23/h3-5,7-8,11-12,16-17,21,24,29,40H,6,9-10,13-15,18-20H2,1-2H3,(H,36,37). The summed E-state index contributed by atoms with van der Waals surface area (Å²) >= 11 is 6.15. The van der Waals surface area contributed by atoms with E-state index in [0.717, 1.165) is 53.8 Å². The number of nitrogens with zero attached hydrogens (tertiary/aromatic N) is 3. The fraction of sp³-hybridized carbons (Fsp3) is 0.455. The number of hydrogen-bond acceptors (Lipinski definition) is 6. The summed E-state index contributed by atoms with van der Waals surface area (Å²) in [5.41, 5.74) is 2.90. The highest BCUT2D eigenvalue weighted by atomic mass is 35.5. The third-order valence-electron chi connectivity index (χ3n) is 8.80. The summed E-state index contributed by atoms with van der Waals surface area (Å²) in [5.74, 6) is 0.820. The van der Waals surface area contributed by atoms with Crippen molar-refractivity contribution in [1.82, 2.24) is 14.8 Å². The highest BCUT2D eigenvalue weighted by molar-refractivity contribution is 6.30. The summed E-state index contributed by atoms with van der Waals surface area (Å²) in [5, 5.41) is 14.5. The Bertz CT molecular complexity index is 1460. The van der Waals surface area contributed by atoms with Gasteiger partial charge in [-0.25, -0.2) is 4.39 Å². The maximum Gasteiger partial charge on any atom is 0.295 e. The average Bonchev–Trinajstić information content (AvgIpc) is 3.66. The van der Waals surface area contributed by atoms with E-state index >= 15 is 0 Å². The number of aliphatic hydroxyl groups is 1. The lowest BCUT2D eigenvalue weighted by atomic mass is 9.76. The zero-order valence-corrected chi connectivity index (χ0v) is 24.9. The van der Waals surface area contributed by atoms with E-state index in [0.29, 0.717) is 49.6 Å². The van der Waals surface area contributed by atoms with E-state index in [-0.39, 0.29) is 17.8 Å². The van der Waals surface area contributed by atoms with Crippen LogP contribution in [0.25, 0.3) is 5.57 Å². The lowest BCUT2D eigenvalue weighted by Crippen LogP contribution is -2.47. The van der Waals surface area contributed by atoms with Crippen molar-refractivity contribution in [3.05, 3.63) is 88.0 Å². The van der Waals surface area contributed by atoms with Crippen molar-refractivity contribution in [3.8, 4) is 0 Å². The summed E-state index contributed by atoms with van der Waals surface area (Å²) < 4.78 is 19.9. The Morgan fingerprint density at radius 1 is 1.19 bits per heavy atom. The molecule has 1 aromatic heterocycles. The molecular weight excluding hydrogens is 555 g/mol. The lowest BCUT2D eigenvalue weighted by molar-refractivity contribution is -0.140. The Morgan fingerprint density at radius 3 is 2.67 bits per heavy atom. The van der Waals surface area contributed by atoms with Crippen LogP contribution in [0.5, 0.6) is 0 Å². The Labute approximate surface area is 251 Å². The Morgan fingerprint density at radius 2 is 1.98 bits per heavy atom. The van der Waals surface area contributed by atoms with Crippen molar-refractivity contribution in [2.45, 2.75) is 71.3 Å². The summed E-state index contributed by atoms with van der Waals surface area (Å²) in [7, 11) is 0. The molecule has 2 heterocycles. The Balaban J connectivity index is 1.24. The van der Waals surface area contributed by atoms with Gasteiger partial charge in [0.25, 0.3) is 6.01 Å². The predicted octanol–water partition coefficient (Wildman–Crippen LogP) is 6.27. The minimum absolute atomic E-state index is 0.00611. The number of amides is 1. The summed E-state index contributed by atoms with van der Waals surface area (Å²) in [6, 6.07) is 14.6. The van der Waals surface area contributed by atoms with E-state index in [9.17, 15) is 14.3 Å². The fourth-order valence-electron chi connectivity index (χ4n) is 6.28. The summed E-state index contributed by atoms with van der Waals surface area (Å²) in [6.07, 6.45) is 5.82. The number of anilines is 1. The van der Waals surface area contributed by atoms with Crippen molar-refractivity contribution < 1.29 is 18.7 Å². The van der Waals surface area contributed by atoms with E-state index in [1.165, 1.54) is 12.1 Å². The first-order valence-corrected chi connectivity index (χ1v) is 15.2. The van der Waals surface area contributed by atoms with Crippen molar-refractivity contribution in [2.75, 3.05) is 18.4 Å². The SMILES string of the molecule is CC1CCC(O)N1CCN(Cc1ccc(F)cc1)C(=O)C1(C)C=C(C2CC2)c2oc(NCc3cccc(Cl)c3)nc2C1. The van der Waals surface area contributed by atoms with Gasteiger partial charge in [-0.3, -0.25) is 9.69 Å². The molecule has 222 valence electrons. The van der Waals surface area contributed by atoms with Crippen LogP contribution in [0.2, 0.25) is 5.02 Å². The van der Waals surface area contributed by atoms with Gasteiger partial charge >= 0.3 is 0 Å². The van der Waals surface area contributed by atoms with Crippen LogP contribution in [0.3, 0.4) is 0 Å². The number of aromatic nitrogens is 1. The highest BCUT2D eigenvalue weighted by Crippen LogP contribution is 2.49. The second-order valence-corrected chi connectivity index (χ2v) is 12.7. The van der Waals surface area contributed by atoms with Crippen LogP contribution in [0, 0.1) is 17.2 Å². The lowest BCUT2D eigenvalue weighted by Gasteiger charge is -2.36. The Kier molecular flexibility index (Phi) is 8.13. The number of halogens is 2. The molecule has 2 aromatic carbocycles. The molecule has 1 saturated carbocycles. The number of allylic oxidation sites excluding steroid dienone is 1. The number of carbonyl (C=O) groups excluding carboxylic acids is 1. The molecule has 9 heteroatoms. The third-order valence-corrected chi connectivity index (χ3v) is 9.04. The van der Waals surface area contributed by atoms with E-state index < -0.39 is 11.6 Å². The second-order valence-electron chi connectivity index (χ2n) is 12.2. The number of oxazole rings is 1. The maximum atomic E-state index is 14.4. The minimum Gasteiger partial charge on any atom is -0.424 e. The van der Waals surface area contributed by atoms with Gasteiger partial charge in [0.2, 0.25) is 5.91 Å². The minimum atomic E-state index is -0.818. The zero-order chi connectivity index (χ0) is 29.4. The molecule has 3 unspecified atom stereocenters. The monoisotopic (exact) mass is 592 g/mol. The predicted molar refractivity (Wildman–Crippen MR) is 161 cm³/mol. The van der Waals surface area contributed by atoms with Gasteiger partial charge < -0.3 is 19.7 Å². The number of nitrogens with one attached hydrogen (secondary N) is 1. The molecule has 7 nitrogen and oxygen atoms in total. The fourth-order valence-corrected chi connectivity index (χ4v) is 6.50. The number of aliphatic hydroxyl groups excluding tert-OH is 1. The first kappa shape index (κ1) is 28.9. The largest absolute Gasteiger partial charge is 0.424 e. The van der Waals surface area contributed by atoms with Crippen molar-refractivity contribution in [1.29, 1.82) is 0 Å². The molecule has 1 aliphatic heterocycles. The van der Waals surface area contributed by atoms with E-state index in [2.05, 4.69) is 23.2 Å². The highest BCUT2D eigenvalue weighted by Gasteiger charge is 2.44. The van der Waals surface area contributed by atoms with Crippen LogP contribution in [-0.2, 0) is 24.3 Å². The van der Waals surface area contributed by atoms with Crippen molar-refractivity contribution in [2.24, 2.45) is 11.3 Å². The van der Waals surface area contributed by atoms with Gasteiger partial charge in [-0.05, 0) is 86.4 Å². The molecular formula is C33H38ClFN4O3. The third kappa shape index (κ3) is 6.26. The maximum absolute atomic E-state index is 14.4. The van der Waals surface area contributed by atoms with Gasteiger partial charge in [0.15, 0.2) is 5.76 Å². The van der Waals surface area contributed by atoms with Crippen molar-refractivity contribution >= 4 is 29.1 Å². The molecule has 1 amide bonds. The van der Waals surface area contributed by atoms with Gasteiger partial charge in [-0.15, -0.1) is 0 Å². The molecule has 3 aliphatic rings. The number of rotatable bonds is 10. The zero-order valence-electron chi connectivity index (χ0n) is 24.2. The van der Waals surface area contributed by atoms with Crippen LogP contribution < -0.4 is 5.32 Å². The number of hydrogen-bond donors (Lipinski definition) is 2. The summed E-state index contributed by atoms with van der Waals surface area (Å²) in [6.45, 7) is 6.00. The second kappa shape index (κ2) is 11.8. The first-order chi connectivity index (χ1) is 20.2. The first-order valence-electron chi connectivity index (χ1n) is 14.9. The number of likely N-dealkylation sites (tertiary alicyclic amines) is 1. The molecule has 2 aliphatic carbocycles. The van der Waals surface area contributed by atoms with Crippen LogP contribution >= 0.6 is 11.6 Å². The Hall–Kier alpha value is -3.20. The smallest absolute Gasteiger partial charge is 0.295 e. The van der Waals surface area contributed by atoms with E-state index in [1.54, 1.807) is 12.1 Å². The number of carbonyl (C=O) groups is 1. The van der Waals surface area contributed by atoms with Gasteiger partial charge in [0, 0.05) is 43.7 Å². The molecule has 2 fully saturated rings. The number of fused-ring (bicyclic) bond motifs is 1. The molecule has 0 radical (unpaired) electrons. The van der Waals surface area contributed by atoms with Crippen LogP contribution in [0.4, 0.5) is 10.4 Å². The van der Waals surface area contributed by atoms with Gasteiger partial charge in [0.05, 0.1) is 11.1 Å². The van der Waals surface area contributed by atoms with E-state index in [4.69, 9.17) is 21.0 Å². The molecule has 1 saturated heterocycles. The van der Waals surface area contributed by atoms with Crippen LogP contribution in [0.1, 0.15) is 62.1 Å². The normalized spacial score (nSPS) is 23.9. The van der Waals surface area contributed by atoms with Crippen LogP contribution in [0.15, 0.2) is 59.0 Å². The van der Waals surface area contributed by atoms with Crippen LogP contribution in [-0.4, -0.2) is 51.2 Å². The molecule has 3 aromatic rings. The van der Waals surface area contributed by atoms with E-state index in [1.807, 2.05) is 36.1 Å². The quantitative estimate of drug-likeness (QED) is 0.289.